The second-order valence-electron chi connectivity index (χ2n) is 6.81. The Morgan fingerprint density at radius 2 is 2.22 bits per heavy atom. The normalized spacial score (nSPS) is 19.5. The van der Waals surface area contributed by atoms with Crippen molar-refractivity contribution in [2.24, 2.45) is 10.5 Å². The number of ether oxygens (including phenoxy) is 1. The molecular formula is C17H25ClN4O. The highest BCUT2D eigenvalue weighted by atomic mass is 35.5. The second kappa shape index (κ2) is 6.30. The summed E-state index contributed by atoms with van der Waals surface area (Å²) in [4.78, 5) is 2.33. The van der Waals surface area contributed by atoms with Gasteiger partial charge in [-0.05, 0) is 31.4 Å². The number of hydrogen-bond acceptors (Lipinski definition) is 4. The summed E-state index contributed by atoms with van der Waals surface area (Å²) in [6, 6.07) is 2.54. The van der Waals surface area contributed by atoms with Crippen LogP contribution in [0.5, 0.6) is 0 Å². The van der Waals surface area contributed by atoms with Gasteiger partial charge in [-0.25, -0.2) is 4.68 Å². The van der Waals surface area contributed by atoms with Crippen molar-refractivity contribution in [3.63, 3.8) is 0 Å². The fraction of sp³-hybridized carbons (Fsp3) is 0.588. The van der Waals surface area contributed by atoms with E-state index in [-0.39, 0.29) is 0 Å². The van der Waals surface area contributed by atoms with Crippen molar-refractivity contribution in [1.29, 1.82) is 0 Å². The van der Waals surface area contributed by atoms with Gasteiger partial charge in [0.15, 0.2) is 0 Å². The first-order chi connectivity index (χ1) is 11.0. The molecule has 1 saturated heterocycles. The van der Waals surface area contributed by atoms with E-state index >= 15 is 0 Å². The second-order valence-corrected chi connectivity index (χ2v) is 7.19. The standard InChI is InChI=1S/C17H25ClN4O/c1-12-7-15(18)22(19-3)16(12)13(2)21-10-17(11-21)8-14(9-17)20-5-6-23-4/h7,14,20H,2-3,5-6,8-11H2,1,4H3. The summed E-state index contributed by atoms with van der Waals surface area (Å²) >= 11 is 6.19. The van der Waals surface area contributed by atoms with E-state index in [1.54, 1.807) is 11.8 Å². The highest BCUT2D eigenvalue weighted by molar-refractivity contribution is 6.30. The molecule has 0 atom stereocenters. The van der Waals surface area contributed by atoms with E-state index in [2.05, 4.69) is 28.6 Å². The van der Waals surface area contributed by atoms with Crippen LogP contribution in [0.2, 0.25) is 5.15 Å². The Morgan fingerprint density at radius 1 is 1.52 bits per heavy atom. The van der Waals surface area contributed by atoms with Crippen molar-refractivity contribution in [3.05, 3.63) is 29.1 Å². The van der Waals surface area contributed by atoms with Gasteiger partial charge in [-0.3, -0.25) is 0 Å². The van der Waals surface area contributed by atoms with E-state index in [0.717, 1.165) is 43.2 Å². The summed E-state index contributed by atoms with van der Waals surface area (Å²) in [5, 5.41) is 8.12. The Kier molecular flexibility index (Phi) is 4.54. The van der Waals surface area contributed by atoms with E-state index in [1.165, 1.54) is 12.8 Å². The molecule has 1 aromatic heterocycles. The van der Waals surface area contributed by atoms with Crippen LogP contribution in [0.3, 0.4) is 0 Å². The van der Waals surface area contributed by atoms with Crippen molar-refractivity contribution < 1.29 is 4.74 Å². The molecule has 3 rings (SSSR count). The number of likely N-dealkylation sites (tertiary alicyclic amines) is 1. The Balaban J connectivity index is 1.55. The number of nitrogens with zero attached hydrogens (tertiary/aromatic N) is 3. The first-order valence-corrected chi connectivity index (χ1v) is 8.39. The Morgan fingerprint density at radius 3 is 2.83 bits per heavy atom. The molecule has 1 aliphatic carbocycles. The first-order valence-electron chi connectivity index (χ1n) is 8.01. The van der Waals surface area contributed by atoms with Crippen molar-refractivity contribution in [2.75, 3.05) is 33.4 Å². The van der Waals surface area contributed by atoms with Crippen LogP contribution in [0.1, 0.15) is 24.1 Å². The molecule has 0 bridgehead atoms. The largest absolute Gasteiger partial charge is 0.383 e. The molecule has 126 valence electrons. The minimum absolute atomic E-state index is 0.463. The van der Waals surface area contributed by atoms with Crippen LogP contribution >= 0.6 is 11.6 Å². The van der Waals surface area contributed by atoms with Crippen LogP contribution < -0.4 is 5.32 Å². The van der Waals surface area contributed by atoms with Crippen LogP contribution in [0, 0.1) is 12.3 Å². The average molecular weight is 337 g/mol. The molecule has 2 fully saturated rings. The van der Waals surface area contributed by atoms with E-state index in [1.807, 2.05) is 13.0 Å². The van der Waals surface area contributed by atoms with Gasteiger partial charge >= 0.3 is 0 Å². The van der Waals surface area contributed by atoms with Gasteiger partial charge < -0.3 is 15.0 Å². The highest BCUT2D eigenvalue weighted by Gasteiger charge is 2.52. The monoisotopic (exact) mass is 336 g/mol. The Hall–Kier alpha value is -1.30. The topological polar surface area (TPSA) is 41.8 Å². The molecule has 0 amide bonds. The highest BCUT2D eigenvalue weighted by Crippen LogP contribution is 2.50. The van der Waals surface area contributed by atoms with Crippen LogP contribution in [-0.4, -0.2) is 55.7 Å². The van der Waals surface area contributed by atoms with E-state index < -0.39 is 0 Å². The molecule has 23 heavy (non-hydrogen) atoms. The molecule has 6 heteroatoms. The average Bonchev–Trinajstić information content (AvgIpc) is 2.72. The maximum atomic E-state index is 6.19. The third-order valence-electron chi connectivity index (χ3n) is 5.07. The lowest BCUT2D eigenvalue weighted by molar-refractivity contribution is -0.0480. The molecule has 1 saturated carbocycles. The summed E-state index contributed by atoms with van der Waals surface area (Å²) in [6.07, 6.45) is 2.47. The molecule has 2 heterocycles. The molecule has 1 aliphatic heterocycles. The maximum Gasteiger partial charge on any atom is 0.131 e. The number of halogens is 1. The van der Waals surface area contributed by atoms with Gasteiger partial charge in [0.1, 0.15) is 5.15 Å². The molecule has 1 N–H and O–H groups in total. The van der Waals surface area contributed by atoms with Gasteiger partial charge in [-0.15, -0.1) is 0 Å². The van der Waals surface area contributed by atoms with E-state index in [0.29, 0.717) is 16.6 Å². The number of methoxy groups -OCH3 is 1. The molecule has 0 unspecified atom stereocenters. The Labute approximate surface area is 142 Å². The number of aromatic nitrogens is 1. The van der Waals surface area contributed by atoms with Gasteiger partial charge in [-0.2, -0.15) is 5.10 Å². The minimum Gasteiger partial charge on any atom is -0.383 e. The number of nitrogens with one attached hydrogen (secondary N) is 1. The fourth-order valence-electron chi connectivity index (χ4n) is 3.93. The summed E-state index contributed by atoms with van der Waals surface area (Å²) < 4.78 is 6.74. The maximum absolute atomic E-state index is 6.19. The zero-order valence-corrected chi connectivity index (χ0v) is 14.7. The predicted molar refractivity (Wildman–Crippen MR) is 95.1 cm³/mol. The quantitative estimate of drug-likeness (QED) is 0.614. The lowest BCUT2D eigenvalue weighted by atomic mass is 9.60. The SMILES string of the molecule is C=Nn1c(Cl)cc(C)c1C(=C)N1CC2(CC(NCCOC)C2)C1. The summed E-state index contributed by atoms with van der Waals surface area (Å²) in [6.45, 7) is 13.7. The molecular weight excluding hydrogens is 312 g/mol. The van der Waals surface area contributed by atoms with Crippen LogP contribution in [-0.2, 0) is 4.74 Å². The van der Waals surface area contributed by atoms with Crippen molar-refractivity contribution in [2.45, 2.75) is 25.8 Å². The molecule has 2 aliphatic rings. The van der Waals surface area contributed by atoms with Crippen molar-refractivity contribution in [1.82, 2.24) is 14.9 Å². The van der Waals surface area contributed by atoms with Gasteiger partial charge in [0.2, 0.25) is 0 Å². The summed E-state index contributed by atoms with van der Waals surface area (Å²) in [7, 11) is 1.74. The van der Waals surface area contributed by atoms with Gasteiger partial charge in [0.05, 0.1) is 18.0 Å². The number of hydrogen-bond donors (Lipinski definition) is 1. The lowest BCUT2D eigenvalue weighted by Crippen LogP contribution is -2.65. The summed E-state index contributed by atoms with van der Waals surface area (Å²) in [5.74, 6) is 0. The first kappa shape index (κ1) is 16.6. The van der Waals surface area contributed by atoms with Crippen LogP contribution in [0.25, 0.3) is 5.70 Å². The van der Waals surface area contributed by atoms with E-state index in [9.17, 15) is 0 Å². The third-order valence-corrected chi connectivity index (χ3v) is 5.34. The zero-order chi connectivity index (χ0) is 16.6. The van der Waals surface area contributed by atoms with Crippen LogP contribution in [0.15, 0.2) is 17.7 Å². The van der Waals surface area contributed by atoms with Gasteiger partial charge in [-0.1, -0.05) is 18.2 Å². The molecule has 0 radical (unpaired) electrons. The van der Waals surface area contributed by atoms with Gasteiger partial charge in [0.25, 0.3) is 0 Å². The minimum atomic E-state index is 0.463. The molecule has 1 spiro atoms. The lowest BCUT2D eigenvalue weighted by Gasteiger charge is -2.60. The zero-order valence-electron chi connectivity index (χ0n) is 13.9. The van der Waals surface area contributed by atoms with Gasteiger partial charge in [0, 0.05) is 44.9 Å². The predicted octanol–water partition coefficient (Wildman–Crippen LogP) is 2.58. The smallest absolute Gasteiger partial charge is 0.131 e. The number of rotatable bonds is 7. The van der Waals surface area contributed by atoms with Crippen molar-refractivity contribution >= 4 is 24.0 Å². The molecule has 0 aromatic carbocycles. The van der Waals surface area contributed by atoms with E-state index in [4.69, 9.17) is 16.3 Å². The Bertz CT molecular complexity index is 610. The third kappa shape index (κ3) is 2.93. The summed E-state index contributed by atoms with van der Waals surface area (Å²) in [5.41, 5.74) is 3.50. The van der Waals surface area contributed by atoms with Crippen LogP contribution in [0.4, 0.5) is 0 Å². The number of aryl methyl sites for hydroxylation is 1. The van der Waals surface area contributed by atoms with Crippen molar-refractivity contribution in [3.8, 4) is 0 Å². The molecule has 5 nitrogen and oxygen atoms in total. The molecule has 1 aromatic rings. The fourth-order valence-corrected chi connectivity index (χ4v) is 4.23.